The van der Waals surface area contributed by atoms with Crippen molar-refractivity contribution in [2.45, 2.75) is 5.41 Å². The molecule has 3 aliphatic heterocycles. The molecule has 1 unspecified atom stereocenters. The van der Waals surface area contributed by atoms with E-state index in [1.807, 2.05) is 30.3 Å². The standard InChI is InChI=1S/C17H13NO3S/c22-16-17(10-3-1-2-4-12(10)18-16)9-21-13-8-15-14(7-11(13)17)19-5-6-20-15/h1-4,7-8H,5-6,9H2,(H,18,22). The first-order valence-corrected chi connectivity index (χ1v) is 7.68. The number of thiocarbonyl (C=S) groups is 1. The van der Waals surface area contributed by atoms with Crippen LogP contribution in [0.3, 0.4) is 0 Å². The van der Waals surface area contributed by atoms with Crippen molar-refractivity contribution in [2.24, 2.45) is 0 Å². The van der Waals surface area contributed by atoms with Crippen LogP contribution in [0.25, 0.3) is 0 Å². The van der Waals surface area contributed by atoms with Gasteiger partial charge in [-0.1, -0.05) is 30.4 Å². The van der Waals surface area contributed by atoms with E-state index in [4.69, 9.17) is 26.4 Å². The first-order valence-electron chi connectivity index (χ1n) is 7.27. The second kappa shape index (κ2) is 4.14. The molecule has 0 fully saturated rings. The zero-order valence-electron chi connectivity index (χ0n) is 11.7. The Kier molecular flexibility index (Phi) is 2.31. The largest absolute Gasteiger partial charge is 0.491 e. The highest BCUT2D eigenvalue weighted by molar-refractivity contribution is 7.80. The SMILES string of the molecule is S=C1Nc2ccccc2C12COc1cc3c(cc12)OCCO3. The molecule has 110 valence electrons. The van der Waals surface area contributed by atoms with Crippen LogP contribution in [-0.2, 0) is 5.41 Å². The van der Waals surface area contributed by atoms with Crippen LogP contribution < -0.4 is 19.5 Å². The van der Waals surface area contributed by atoms with Crippen LogP contribution in [0.15, 0.2) is 36.4 Å². The molecule has 0 aromatic heterocycles. The number of hydrogen-bond acceptors (Lipinski definition) is 4. The average molecular weight is 311 g/mol. The van der Waals surface area contributed by atoms with Crippen LogP contribution in [-0.4, -0.2) is 24.8 Å². The van der Waals surface area contributed by atoms with Gasteiger partial charge in [-0.25, -0.2) is 0 Å². The predicted octanol–water partition coefficient (Wildman–Crippen LogP) is 2.89. The Bertz CT molecular complexity index is 820. The summed E-state index contributed by atoms with van der Waals surface area (Å²) in [5.41, 5.74) is 2.85. The van der Waals surface area contributed by atoms with Gasteiger partial charge in [0.1, 0.15) is 31.0 Å². The topological polar surface area (TPSA) is 39.7 Å². The summed E-state index contributed by atoms with van der Waals surface area (Å²) in [6, 6.07) is 12.1. The lowest BCUT2D eigenvalue weighted by Crippen LogP contribution is -2.36. The maximum atomic E-state index is 5.97. The minimum absolute atomic E-state index is 0.420. The summed E-state index contributed by atoms with van der Waals surface area (Å²) in [6.45, 7) is 1.65. The summed E-state index contributed by atoms with van der Waals surface area (Å²) in [5, 5.41) is 3.33. The van der Waals surface area contributed by atoms with Gasteiger partial charge < -0.3 is 19.5 Å². The van der Waals surface area contributed by atoms with E-state index in [0.29, 0.717) is 19.8 Å². The van der Waals surface area contributed by atoms with Gasteiger partial charge in [-0.15, -0.1) is 0 Å². The number of hydrogen-bond donors (Lipinski definition) is 1. The molecular formula is C17H13NO3S. The molecule has 4 nitrogen and oxygen atoms in total. The van der Waals surface area contributed by atoms with Crippen molar-refractivity contribution in [3.05, 3.63) is 47.5 Å². The Hall–Kier alpha value is -2.27. The molecule has 2 aromatic rings. The molecule has 1 atom stereocenters. The lowest BCUT2D eigenvalue weighted by molar-refractivity contribution is 0.171. The third kappa shape index (κ3) is 1.39. The van der Waals surface area contributed by atoms with Crippen molar-refractivity contribution in [1.82, 2.24) is 0 Å². The van der Waals surface area contributed by atoms with Crippen molar-refractivity contribution >= 4 is 22.9 Å². The Balaban J connectivity index is 1.76. The van der Waals surface area contributed by atoms with E-state index >= 15 is 0 Å². The monoisotopic (exact) mass is 311 g/mol. The fourth-order valence-electron chi connectivity index (χ4n) is 3.51. The van der Waals surface area contributed by atoms with E-state index in [0.717, 1.165) is 39.1 Å². The summed E-state index contributed by atoms with van der Waals surface area (Å²) < 4.78 is 17.3. The molecule has 5 rings (SSSR count). The van der Waals surface area contributed by atoms with Crippen molar-refractivity contribution in [3.8, 4) is 17.2 Å². The van der Waals surface area contributed by atoms with Crippen LogP contribution in [0.5, 0.6) is 17.2 Å². The highest BCUT2D eigenvalue weighted by atomic mass is 32.1. The molecule has 0 saturated carbocycles. The van der Waals surface area contributed by atoms with Crippen LogP contribution in [0.1, 0.15) is 11.1 Å². The van der Waals surface area contributed by atoms with Gasteiger partial charge in [0.25, 0.3) is 0 Å². The van der Waals surface area contributed by atoms with Crippen LogP contribution in [0.4, 0.5) is 5.69 Å². The van der Waals surface area contributed by atoms with Gasteiger partial charge >= 0.3 is 0 Å². The maximum absolute atomic E-state index is 5.97. The summed E-state index contributed by atoms with van der Waals surface area (Å²) in [5.74, 6) is 2.33. The van der Waals surface area contributed by atoms with Crippen molar-refractivity contribution in [2.75, 3.05) is 25.1 Å². The first kappa shape index (κ1) is 12.3. The number of para-hydroxylation sites is 1. The Labute approximate surface area is 133 Å². The molecule has 3 aliphatic rings. The summed E-state index contributed by atoms with van der Waals surface area (Å²) in [7, 11) is 0. The number of rotatable bonds is 0. The number of ether oxygens (including phenoxy) is 3. The Morgan fingerprint density at radius 3 is 2.55 bits per heavy atom. The maximum Gasteiger partial charge on any atom is 0.165 e. The van der Waals surface area contributed by atoms with E-state index in [-0.39, 0.29) is 0 Å². The smallest absolute Gasteiger partial charge is 0.165 e. The molecule has 0 amide bonds. The number of anilines is 1. The van der Waals surface area contributed by atoms with Gasteiger partial charge in [-0.3, -0.25) is 0 Å². The van der Waals surface area contributed by atoms with E-state index in [2.05, 4.69) is 11.4 Å². The van der Waals surface area contributed by atoms with Crippen LogP contribution in [0.2, 0.25) is 0 Å². The zero-order chi connectivity index (χ0) is 14.7. The lowest BCUT2D eigenvalue weighted by Gasteiger charge is -2.24. The Morgan fingerprint density at radius 1 is 0.909 bits per heavy atom. The highest BCUT2D eigenvalue weighted by Crippen LogP contribution is 2.53. The second-order valence-corrected chi connectivity index (χ2v) is 6.09. The normalized spacial score (nSPS) is 23.7. The van der Waals surface area contributed by atoms with Crippen LogP contribution >= 0.6 is 12.2 Å². The summed E-state index contributed by atoms with van der Waals surface area (Å²) in [6.07, 6.45) is 0. The average Bonchev–Trinajstić information content (AvgIpc) is 3.06. The first-order chi connectivity index (χ1) is 10.8. The van der Waals surface area contributed by atoms with Crippen LogP contribution in [0, 0.1) is 0 Å². The molecule has 0 radical (unpaired) electrons. The summed E-state index contributed by atoms with van der Waals surface area (Å²) >= 11 is 5.66. The second-order valence-electron chi connectivity index (χ2n) is 5.69. The zero-order valence-corrected chi connectivity index (χ0v) is 12.5. The molecule has 0 aliphatic carbocycles. The molecule has 1 spiro atoms. The fourth-order valence-corrected chi connectivity index (χ4v) is 3.90. The number of nitrogens with one attached hydrogen (secondary N) is 1. The van der Waals surface area contributed by atoms with E-state index < -0.39 is 5.41 Å². The van der Waals surface area contributed by atoms with Gasteiger partial charge in [0.05, 0.1) is 4.99 Å². The quantitative estimate of drug-likeness (QED) is 0.758. The van der Waals surface area contributed by atoms with Gasteiger partial charge in [-0.05, 0) is 17.7 Å². The predicted molar refractivity (Wildman–Crippen MR) is 86.4 cm³/mol. The molecule has 0 saturated heterocycles. The van der Waals surface area contributed by atoms with Gasteiger partial charge in [0.2, 0.25) is 0 Å². The molecule has 1 N–H and O–H groups in total. The fraction of sp³-hybridized carbons (Fsp3) is 0.235. The molecule has 0 bridgehead atoms. The van der Waals surface area contributed by atoms with Gasteiger partial charge in [-0.2, -0.15) is 0 Å². The summed E-state index contributed by atoms with van der Waals surface area (Å²) in [4.78, 5) is 0.782. The van der Waals surface area contributed by atoms with Crippen molar-refractivity contribution < 1.29 is 14.2 Å². The minimum atomic E-state index is -0.420. The van der Waals surface area contributed by atoms with E-state index in [1.54, 1.807) is 0 Å². The van der Waals surface area contributed by atoms with Gasteiger partial charge in [0, 0.05) is 17.3 Å². The molecule has 22 heavy (non-hydrogen) atoms. The van der Waals surface area contributed by atoms with E-state index in [9.17, 15) is 0 Å². The van der Waals surface area contributed by atoms with Crippen molar-refractivity contribution in [3.63, 3.8) is 0 Å². The van der Waals surface area contributed by atoms with Gasteiger partial charge in [0.15, 0.2) is 11.5 Å². The molecule has 5 heteroatoms. The Morgan fingerprint density at radius 2 is 1.68 bits per heavy atom. The minimum Gasteiger partial charge on any atom is -0.491 e. The lowest BCUT2D eigenvalue weighted by atomic mass is 9.77. The van der Waals surface area contributed by atoms with E-state index in [1.165, 1.54) is 0 Å². The molecular weight excluding hydrogens is 298 g/mol. The highest BCUT2D eigenvalue weighted by Gasteiger charge is 2.51. The molecule has 3 heterocycles. The third-order valence-corrected chi connectivity index (χ3v) is 5.02. The van der Waals surface area contributed by atoms with Crippen molar-refractivity contribution in [1.29, 1.82) is 0 Å². The number of fused-ring (bicyclic) bond motifs is 5. The molecule has 2 aromatic carbocycles. The number of benzene rings is 2. The third-order valence-electron chi connectivity index (χ3n) is 4.57.